The highest BCUT2D eigenvalue weighted by atomic mass is 35.5. The molecule has 1 N–H and O–H groups in total. The van der Waals surface area contributed by atoms with Crippen LogP contribution in [0.5, 0.6) is 17.2 Å². The Hall–Kier alpha value is -2.98. The summed E-state index contributed by atoms with van der Waals surface area (Å²) in [5.41, 5.74) is 0.840. The molecule has 0 heterocycles. The first kappa shape index (κ1) is 17.8. The molecule has 3 aromatic rings. The van der Waals surface area contributed by atoms with Crippen LogP contribution in [0.4, 0.5) is 0 Å². The SMILES string of the molecule is O=C(O)[C@@H](Cc1ccc(Oc2ccccc2)cc1)Oc1ccc(Cl)cc1. The van der Waals surface area contributed by atoms with Gasteiger partial charge in [-0.2, -0.15) is 0 Å². The van der Waals surface area contributed by atoms with Gasteiger partial charge in [0.15, 0.2) is 6.10 Å². The number of hydrogen-bond donors (Lipinski definition) is 1. The number of aliphatic carboxylic acids is 1. The van der Waals surface area contributed by atoms with Crippen LogP contribution >= 0.6 is 11.6 Å². The van der Waals surface area contributed by atoms with Crippen molar-refractivity contribution < 1.29 is 19.4 Å². The molecule has 0 spiro atoms. The van der Waals surface area contributed by atoms with Crippen molar-refractivity contribution >= 4 is 17.6 Å². The lowest BCUT2D eigenvalue weighted by Crippen LogP contribution is -2.29. The molecular weight excluding hydrogens is 352 g/mol. The zero-order chi connectivity index (χ0) is 18.4. The summed E-state index contributed by atoms with van der Waals surface area (Å²) in [6, 6.07) is 23.4. The summed E-state index contributed by atoms with van der Waals surface area (Å²) in [4.78, 5) is 11.5. The molecule has 0 aliphatic rings. The number of ether oxygens (including phenoxy) is 2. The highest BCUT2D eigenvalue weighted by Crippen LogP contribution is 2.22. The van der Waals surface area contributed by atoms with E-state index in [0.29, 0.717) is 16.5 Å². The van der Waals surface area contributed by atoms with Crippen LogP contribution in [0.15, 0.2) is 78.9 Å². The average Bonchev–Trinajstić information content (AvgIpc) is 2.65. The second kappa shape index (κ2) is 8.41. The molecule has 0 unspecified atom stereocenters. The van der Waals surface area contributed by atoms with Crippen LogP contribution in [0.25, 0.3) is 0 Å². The van der Waals surface area contributed by atoms with Crippen molar-refractivity contribution in [2.24, 2.45) is 0 Å². The minimum atomic E-state index is -1.02. The summed E-state index contributed by atoms with van der Waals surface area (Å²) >= 11 is 5.83. The lowest BCUT2D eigenvalue weighted by atomic mass is 10.1. The Labute approximate surface area is 156 Å². The summed E-state index contributed by atoms with van der Waals surface area (Å²) < 4.78 is 11.3. The van der Waals surface area contributed by atoms with E-state index in [-0.39, 0.29) is 6.42 Å². The number of para-hydroxylation sites is 1. The van der Waals surface area contributed by atoms with Crippen molar-refractivity contribution in [3.63, 3.8) is 0 Å². The van der Waals surface area contributed by atoms with E-state index in [1.54, 1.807) is 24.3 Å². The Bertz CT molecular complexity index is 845. The average molecular weight is 369 g/mol. The number of rotatable bonds is 7. The predicted molar refractivity (Wildman–Crippen MR) is 100 cm³/mol. The van der Waals surface area contributed by atoms with E-state index in [2.05, 4.69) is 0 Å². The molecule has 0 aliphatic carbocycles. The van der Waals surface area contributed by atoms with Gasteiger partial charge in [-0.3, -0.25) is 0 Å². The summed E-state index contributed by atoms with van der Waals surface area (Å²) in [5, 5.41) is 9.99. The molecule has 3 aromatic carbocycles. The highest BCUT2D eigenvalue weighted by Gasteiger charge is 2.20. The molecule has 3 rings (SSSR count). The maximum absolute atomic E-state index is 11.5. The third-order valence-electron chi connectivity index (χ3n) is 3.69. The van der Waals surface area contributed by atoms with Crippen molar-refractivity contribution in [2.45, 2.75) is 12.5 Å². The third kappa shape index (κ3) is 5.01. The quantitative estimate of drug-likeness (QED) is 0.622. The van der Waals surface area contributed by atoms with Crippen LogP contribution in [0.3, 0.4) is 0 Å². The zero-order valence-electron chi connectivity index (χ0n) is 13.8. The first-order valence-electron chi connectivity index (χ1n) is 8.07. The topological polar surface area (TPSA) is 55.8 Å². The highest BCUT2D eigenvalue weighted by molar-refractivity contribution is 6.30. The van der Waals surface area contributed by atoms with E-state index in [0.717, 1.165) is 11.3 Å². The Kier molecular flexibility index (Phi) is 5.77. The maximum atomic E-state index is 11.5. The van der Waals surface area contributed by atoms with Gasteiger partial charge >= 0.3 is 5.97 Å². The number of halogens is 1. The Morgan fingerprint density at radius 2 is 1.42 bits per heavy atom. The van der Waals surface area contributed by atoms with Crippen LogP contribution in [0, 0.1) is 0 Å². The van der Waals surface area contributed by atoms with Gasteiger partial charge in [-0.15, -0.1) is 0 Å². The second-order valence-electron chi connectivity index (χ2n) is 5.66. The summed E-state index contributed by atoms with van der Waals surface area (Å²) in [5.74, 6) is 0.871. The van der Waals surface area contributed by atoms with Gasteiger partial charge in [-0.1, -0.05) is 41.9 Å². The van der Waals surface area contributed by atoms with Gasteiger partial charge < -0.3 is 14.6 Å². The standard InChI is InChI=1S/C21H17ClO4/c22-16-8-12-19(13-9-16)26-20(21(23)24)14-15-6-10-18(11-7-15)25-17-4-2-1-3-5-17/h1-13,20H,14H2,(H,23,24)/t20-/m1/s1. The molecule has 0 radical (unpaired) electrons. The first-order chi connectivity index (χ1) is 12.6. The molecule has 0 saturated carbocycles. The molecule has 0 bridgehead atoms. The number of carbonyl (C=O) groups is 1. The fraction of sp³-hybridized carbons (Fsp3) is 0.0952. The molecule has 26 heavy (non-hydrogen) atoms. The lowest BCUT2D eigenvalue weighted by Gasteiger charge is -2.15. The van der Waals surface area contributed by atoms with Gasteiger partial charge in [0, 0.05) is 11.4 Å². The number of carboxylic acids is 1. The second-order valence-corrected chi connectivity index (χ2v) is 6.10. The van der Waals surface area contributed by atoms with Crippen LogP contribution in [0.2, 0.25) is 5.02 Å². The molecule has 0 amide bonds. The molecule has 0 aliphatic heterocycles. The summed E-state index contributed by atoms with van der Waals surface area (Å²) in [7, 11) is 0. The molecule has 4 nitrogen and oxygen atoms in total. The van der Waals surface area contributed by atoms with E-state index in [4.69, 9.17) is 21.1 Å². The molecule has 0 fully saturated rings. The zero-order valence-corrected chi connectivity index (χ0v) is 14.6. The Balaban J connectivity index is 1.65. The van der Waals surface area contributed by atoms with Crippen LogP contribution < -0.4 is 9.47 Å². The van der Waals surface area contributed by atoms with Crippen molar-refractivity contribution in [3.8, 4) is 17.2 Å². The van der Waals surface area contributed by atoms with Crippen molar-refractivity contribution in [1.82, 2.24) is 0 Å². The normalized spacial score (nSPS) is 11.6. The van der Waals surface area contributed by atoms with Crippen LogP contribution in [-0.4, -0.2) is 17.2 Å². The summed E-state index contributed by atoms with van der Waals surface area (Å²) in [6.45, 7) is 0. The molecule has 132 valence electrons. The summed E-state index contributed by atoms with van der Waals surface area (Å²) in [6.07, 6.45) is -0.749. The first-order valence-corrected chi connectivity index (χ1v) is 8.45. The molecular formula is C21H17ClO4. The largest absolute Gasteiger partial charge is 0.478 e. The van der Waals surface area contributed by atoms with Gasteiger partial charge in [0.05, 0.1) is 0 Å². The van der Waals surface area contributed by atoms with E-state index in [9.17, 15) is 9.90 Å². The van der Waals surface area contributed by atoms with Crippen LogP contribution in [0.1, 0.15) is 5.56 Å². The fourth-order valence-electron chi connectivity index (χ4n) is 2.39. The van der Waals surface area contributed by atoms with E-state index < -0.39 is 12.1 Å². The smallest absolute Gasteiger partial charge is 0.345 e. The minimum Gasteiger partial charge on any atom is -0.478 e. The van der Waals surface area contributed by atoms with E-state index in [1.165, 1.54) is 0 Å². The lowest BCUT2D eigenvalue weighted by molar-refractivity contribution is -0.145. The number of hydrogen-bond acceptors (Lipinski definition) is 3. The van der Waals surface area contributed by atoms with Gasteiger partial charge in [0.2, 0.25) is 0 Å². The van der Waals surface area contributed by atoms with Gasteiger partial charge in [0.25, 0.3) is 0 Å². The maximum Gasteiger partial charge on any atom is 0.345 e. The minimum absolute atomic E-state index is 0.240. The molecule has 0 saturated heterocycles. The number of carboxylic acid groups (broad SMARTS) is 1. The van der Waals surface area contributed by atoms with Gasteiger partial charge in [0.1, 0.15) is 17.2 Å². The van der Waals surface area contributed by atoms with Crippen molar-refractivity contribution in [2.75, 3.05) is 0 Å². The van der Waals surface area contributed by atoms with Crippen LogP contribution in [-0.2, 0) is 11.2 Å². The van der Waals surface area contributed by atoms with E-state index >= 15 is 0 Å². The van der Waals surface area contributed by atoms with E-state index in [1.807, 2.05) is 54.6 Å². The number of benzene rings is 3. The molecule has 0 aromatic heterocycles. The Morgan fingerprint density at radius 3 is 2.04 bits per heavy atom. The molecule has 1 atom stereocenters. The van der Waals surface area contributed by atoms with Crippen molar-refractivity contribution in [1.29, 1.82) is 0 Å². The van der Waals surface area contributed by atoms with Crippen molar-refractivity contribution in [3.05, 3.63) is 89.4 Å². The third-order valence-corrected chi connectivity index (χ3v) is 3.94. The van der Waals surface area contributed by atoms with Gasteiger partial charge in [-0.25, -0.2) is 4.79 Å². The monoisotopic (exact) mass is 368 g/mol. The Morgan fingerprint density at radius 1 is 0.846 bits per heavy atom. The predicted octanol–water partition coefficient (Wildman–Crippen LogP) is 5.21. The van der Waals surface area contributed by atoms with Gasteiger partial charge in [-0.05, 0) is 54.1 Å². The molecule has 5 heteroatoms. The fourth-order valence-corrected chi connectivity index (χ4v) is 2.52.